The smallest absolute Gasteiger partial charge is 0.103 e. The van der Waals surface area contributed by atoms with E-state index in [4.69, 9.17) is 0 Å². The highest BCUT2D eigenvalue weighted by atomic mass is 14.9. The summed E-state index contributed by atoms with van der Waals surface area (Å²) in [6.07, 6.45) is 3.64. The molecule has 0 aliphatic rings. The lowest BCUT2D eigenvalue weighted by molar-refractivity contribution is 1.18. The Balaban J connectivity index is 2.08. The summed E-state index contributed by atoms with van der Waals surface area (Å²) in [5, 5.41) is 13.8. The maximum Gasteiger partial charge on any atom is 0.103 e. The number of aromatic nitrogens is 2. The summed E-state index contributed by atoms with van der Waals surface area (Å²) in [5.41, 5.74) is 5.37. The maximum absolute atomic E-state index is 9.25. The van der Waals surface area contributed by atoms with Crippen LogP contribution in [0.25, 0.3) is 10.9 Å². The summed E-state index contributed by atoms with van der Waals surface area (Å²) >= 11 is 0. The third-order valence-corrected chi connectivity index (χ3v) is 3.53. The molecular formula is C16H14N4. The van der Waals surface area contributed by atoms with Crippen molar-refractivity contribution >= 4 is 22.3 Å². The van der Waals surface area contributed by atoms with Crippen LogP contribution in [0.5, 0.6) is 0 Å². The monoisotopic (exact) mass is 262 g/mol. The molecule has 0 radical (unpaired) electrons. The Kier molecular flexibility index (Phi) is 2.88. The predicted molar refractivity (Wildman–Crippen MR) is 80.0 cm³/mol. The second kappa shape index (κ2) is 4.71. The lowest BCUT2D eigenvalue weighted by Gasteiger charge is -2.12. The molecule has 0 saturated carbocycles. The van der Waals surface area contributed by atoms with Crippen LogP contribution in [0.3, 0.4) is 0 Å². The van der Waals surface area contributed by atoms with Crippen LogP contribution < -0.4 is 5.32 Å². The van der Waals surface area contributed by atoms with E-state index < -0.39 is 0 Å². The molecule has 3 aromatic rings. The van der Waals surface area contributed by atoms with Gasteiger partial charge in [-0.3, -0.25) is 4.98 Å². The molecule has 2 N–H and O–H groups in total. The number of hydrogen-bond donors (Lipinski definition) is 2. The van der Waals surface area contributed by atoms with Crippen LogP contribution in [-0.2, 0) is 0 Å². The Hall–Kier alpha value is -2.80. The van der Waals surface area contributed by atoms with Gasteiger partial charge in [-0.2, -0.15) is 5.26 Å². The molecule has 0 amide bonds. The molecule has 4 nitrogen and oxygen atoms in total. The Morgan fingerprint density at radius 1 is 1.15 bits per heavy atom. The van der Waals surface area contributed by atoms with Crippen molar-refractivity contribution in [3.8, 4) is 6.07 Å². The zero-order chi connectivity index (χ0) is 14.1. The van der Waals surface area contributed by atoms with E-state index in [0.29, 0.717) is 5.56 Å². The van der Waals surface area contributed by atoms with E-state index in [1.165, 1.54) is 5.39 Å². The summed E-state index contributed by atoms with van der Waals surface area (Å²) in [7, 11) is 0. The number of benzene rings is 1. The van der Waals surface area contributed by atoms with Gasteiger partial charge in [-0.15, -0.1) is 0 Å². The Morgan fingerprint density at radius 3 is 2.80 bits per heavy atom. The van der Waals surface area contributed by atoms with E-state index in [-0.39, 0.29) is 0 Å². The number of aromatic amines is 1. The predicted octanol–water partition coefficient (Wildman–Crippen LogP) is 3.80. The minimum atomic E-state index is 0.584. The van der Waals surface area contributed by atoms with Crippen LogP contribution in [0.15, 0.2) is 36.7 Å². The van der Waals surface area contributed by atoms with Crippen molar-refractivity contribution in [2.24, 2.45) is 0 Å². The van der Waals surface area contributed by atoms with Crippen LogP contribution >= 0.6 is 0 Å². The summed E-state index contributed by atoms with van der Waals surface area (Å²) in [5.74, 6) is 0. The number of nitrogens with zero attached hydrogens (tertiary/aromatic N) is 2. The Bertz CT molecular complexity index is 824. The SMILES string of the molecule is Cc1nccc(Nc2ccc3[nH]ccc3c2C)c1C#N. The van der Waals surface area contributed by atoms with Crippen LogP contribution in [-0.4, -0.2) is 9.97 Å². The van der Waals surface area contributed by atoms with Gasteiger partial charge in [0.2, 0.25) is 0 Å². The van der Waals surface area contributed by atoms with Crippen molar-refractivity contribution in [3.63, 3.8) is 0 Å². The highest BCUT2D eigenvalue weighted by Gasteiger charge is 2.09. The number of pyridine rings is 1. The van der Waals surface area contributed by atoms with E-state index in [1.807, 2.05) is 31.3 Å². The molecule has 0 aliphatic carbocycles. The van der Waals surface area contributed by atoms with E-state index in [1.54, 1.807) is 6.20 Å². The largest absolute Gasteiger partial charge is 0.361 e. The van der Waals surface area contributed by atoms with Crippen molar-refractivity contribution in [2.45, 2.75) is 13.8 Å². The molecule has 0 atom stereocenters. The van der Waals surface area contributed by atoms with Gasteiger partial charge in [-0.25, -0.2) is 0 Å². The van der Waals surface area contributed by atoms with E-state index in [2.05, 4.69) is 34.3 Å². The van der Waals surface area contributed by atoms with Crippen LogP contribution in [0.2, 0.25) is 0 Å². The number of anilines is 2. The molecule has 2 heterocycles. The summed E-state index contributed by atoms with van der Waals surface area (Å²) in [6.45, 7) is 3.91. The van der Waals surface area contributed by atoms with Gasteiger partial charge < -0.3 is 10.3 Å². The zero-order valence-electron chi connectivity index (χ0n) is 11.4. The Morgan fingerprint density at radius 2 is 2.00 bits per heavy atom. The molecule has 0 unspecified atom stereocenters. The molecule has 4 heteroatoms. The van der Waals surface area contributed by atoms with Crippen molar-refractivity contribution in [1.82, 2.24) is 9.97 Å². The molecule has 0 aliphatic heterocycles. The number of aryl methyl sites for hydroxylation is 2. The maximum atomic E-state index is 9.25. The molecule has 0 fully saturated rings. The van der Waals surface area contributed by atoms with Crippen molar-refractivity contribution in [1.29, 1.82) is 5.26 Å². The number of fused-ring (bicyclic) bond motifs is 1. The second-order valence-electron chi connectivity index (χ2n) is 4.73. The third-order valence-electron chi connectivity index (χ3n) is 3.53. The normalized spacial score (nSPS) is 10.4. The fourth-order valence-corrected chi connectivity index (χ4v) is 2.38. The van der Waals surface area contributed by atoms with Crippen LogP contribution in [0, 0.1) is 25.2 Å². The summed E-state index contributed by atoms with van der Waals surface area (Å²) in [6, 6.07) is 10.1. The van der Waals surface area contributed by atoms with Crippen LogP contribution in [0.4, 0.5) is 11.4 Å². The quantitative estimate of drug-likeness (QED) is 0.738. The van der Waals surface area contributed by atoms with Gasteiger partial charge in [-0.05, 0) is 43.7 Å². The molecular weight excluding hydrogens is 248 g/mol. The Labute approximate surface area is 117 Å². The second-order valence-corrected chi connectivity index (χ2v) is 4.73. The lowest BCUT2D eigenvalue weighted by Crippen LogP contribution is -1.99. The van der Waals surface area contributed by atoms with Gasteiger partial charge in [0.1, 0.15) is 6.07 Å². The fraction of sp³-hybridized carbons (Fsp3) is 0.125. The molecule has 1 aromatic carbocycles. The van der Waals surface area contributed by atoms with Gasteiger partial charge in [0.25, 0.3) is 0 Å². The fourth-order valence-electron chi connectivity index (χ4n) is 2.38. The average Bonchev–Trinajstić information content (AvgIpc) is 2.91. The molecule has 0 spiro atoms. The van der Waals surface area contributed by atoms with Gasteiger partial charge in [0.15, 0.2) is 0 Å². The van der Waals surface area contributed by atoms with Crippen molar-refractivity contribution < 1.29 is 0 Å². The van der Waals surface area contributed by atoms with E-state index >= 15 is 0 Å². The molecule has 98 valence electrons. The van der Waals surface area contributed by atoms with Gasteiger partial charge >= 0.3 is 0 Å². The summed E-state index contributed by atoms with van der Waals surface area (Å²) < 4.78 is 0. The first-order valence-corrected chi connectivity index (χ1v) is 6.40. The first kappa shape index (κ1) is 12.2. The molecule has 2 aromatic heterocycles. The number of nitrogens with one attached hydrogen (secondary N) is 2. The minimum absolute atomic E-state index is 0.584. The van der Waals surface area contributed by atoms with Crippen LogP contribution in [0.1, 0.15) is 16.8 Å². The lowest BCUT2D eigenvalue weighted by atomic mass is 10.1. The molecule has 20 heavy (non-hydrogen) atoms. The van der Waals surface area contributed by atoms with Crippen molar-refractivity contribution in [2.75, 3.05) is 5.32 Å². The molecule has 0 saturated heterocycles. The highest BCUT2D eigenvalue weighted by molar-refractivity contribution is 5.89. The van der Waals surface area contributed by atoms with Crippen molar-refractivity contribution in [3.05, 3.63) is 53.5 Å². The third kappa shape index (κ3) is 1.90. The first-order valence-electron chi connectivity index (χ1n) is 6.40. The van der Waals surface area contributed by atoms with Gasteiger partial charge in [0, 0.05) is 29.0 Å². The standard InChI is InChI=1S/C16H14N4/c1-10-12-5-7-19-15(12)4-3-14(10)20-16-6-8-18-11(2)13(16)9-17/h3-8,19H,1-2H3,(H,18,20). The average molecular weight is 262 g/mol. The van der Waals surface area contributed by atoms with Gasteiger partial charge in [0.05, 0.1) is 16.9 Å². The zero-order valence-corrected chi connectivity index (χ0v) is 11.4. The molecule has 3 rings (SSSR count). The number of hydrogen-bond acceptors (Lipinski definition) is 3. The number of H-pyrrole nitrogens is 1. The van der Waals surface area contributed by atoms with E-state index in [9.17, 15) is 5.26 Å². The topological polar surface area (TPSA) is 64.5 Å². The van der Waals surface area contributed by atoms with Gasteiger partial charge in [-0.1, -0.05) is 0 Å². The molecule has 0 bridgehead atoms. The van der Waals surface area contributed by atoms with E-state index in [0.717, 1.165) is 28.1 Å². The number of nitriles is 1. The minimum Gasteiger partial charge on any atom is -0.361 e. The summed E-state index contributed by atoms with van der Waals surface area (Å²) in [4.78, 5) is 7.34. The highest BCUT2D eigenvalue weighted by Crippen LogP contribution is 2.28. The first-order chi connectivity index (χ1) is 9.70. The number of rotatable bonds is 2.